The highest BCUT2D eigenvalue weighted by atomic mass is 35.5. The Morgan fingerprint density at radius 2 is 2.00 bits per heavy atom. The number of nitrogens with zero attached hydrogens (tertiary/aromatic N) is 3. The van der Waals surface area contributed by atoms with E-state index in [1.807, 2.05) is 29.8 Å². The number of halogens is 1. The van der Waals surface area contributed by atoms with Crippen molar-refractivity contribution in [3.63, 3.8) is 0 Å². The lowest BCUT2D eigenvalue weighted by Crippen LogP contribution is -2.11. The van der Waals surface area contributed by atoms with Crippen LogP contribution in [0.1, 0.15) is 23.0 Å². The molecule has 4 rings (SSSR count). The fraction of sp³-hybridized carbons (Fsp3) is 0.174. The normalized spacial score (nSPS) is 10.5. The molecule has 0 amide bonds. The number of aryl methyl sites for hydroxylation is 1. The van der Waals surface area contributed by atoms with Gasteiger partial charge in [-0.05, 0) is 31.2 Å². The second kappa shape index (κ2) is 9.49. The molecule has 0 aliphatic rings. The van der Waals surface area contributed by atoms with Gasteiger partial charge in [0.1, 0.15) is 12.4 Å². The van der Waals surface area contributed by atoms with Crippen molar-refractivity contribution >= 4 is 29.3 Å². The Morgan fingerprint density at radius 1 is 1.16 bits per heavy atom. The summed E-state index contributed by atoms with van der Waals surface area (Å²) in [5.41, 5.74) is 3.19. The predicted molar refractivity (Wildman–Crippen MR) is 120 cm³/mol. The summed E-state index contributed by atoms with van der Waals surface area (Å²) in [5, 5.41) is 11.3. The van der Waals surface area contributed by atoms with Crippen molar-refractivity contribution < 1.29 is 19.4 Å². The number of pyridine rings is 2. The monoisotopic (exact) mass is 439 g/mol. The van der Waals surface area contributed by atoms with Crippen molar-refractivity contribution in [2.75, 3.05) is 6.61 Å². The number of carbonyl (C=O) groups excluding carboxylic acids is 1. The Morgan fingerprint density at radius 3 is 2.68 bits per heavy atom. The van der Waals surface area contributed by atoms with Crippen LogP contribution in [0.3, 0.4) is 0 Å². The van der Waals surface area contributed by atoms with Gasteiger partial charge in [0.15, 0.2) is 0 Å². The van der Waals surface area contributed by atoms with E-state index in [-0.39, 0.29) is 31.4 Å². The van der Waals surface area contributed by atoms with Gasteiger partial charge >= 0.3 is 5.97 Å². The van der Waals surface area contributed by atoms with E-state index in [0.29, 0.717) is 28.1 Å². The van der Waals surface area contributed by atoms with Crippen LogP contribution in [0.5, 0.6) is 11.6 Å². The van der Waals surface area contributed by atoms with Gasteiger partial charge in [-0.3, -0.25) is 4.98 Å². The summed E-state index contributed by atoms with van der Waals surface area (Å²) in [6.45, 7) is 2.12. The average Bonchev–Trinajstić information content (AvgIpc) is 3.04. The SMILES string of the molecule is CCOC(=O)c1c(COc2ccccn2)n(C)c2cc(-c3cccnc3)c(O)cc12.Cl. The van der Waals surface area contributed by atoms with E-state index in [1.54, 1.807) is 49.8 Å². The molecule has 8 heteroatoms. The number of aromatic nitrogens is 3. The number of ether oxygens (including phenoxy) is 2. The maximum atomic E-state index is 12.8. The lowest BCUT2D eigenvalue weighted by atomic mass is 10.0. The van der Waals surface area contributed by atoms with E-state index in [1.165, 1.54) is 0 Å². The van der Waals surface area contributed by atoms with Crippen molar-refractivity contribution in [2.24, 2.45) is 7.05 Å². The summed E-state index contributed by atoms with van der Waals surface area (Å²) in [5.74, 6) is 0.0524. The number of hydrogen-bond acceptors (Lipinski definition) is 6. The highest BCUT2D eigenvalue weighted by Crippen LogP contribution is 2.37. The molecule has 3 heterocycles. The second-order valence-electron chi connectivity index (χ2n) is 6.69. The molecule has 0 fully saturated rings. The zero-order chi connectivity index (χ0) is 21.1. The molecule has 0 saturated heterocycles. The summed E-state index contributed by atoms with van der Waals surface area (Å²) in [6.07, 6.45) is 5.00. The minimum absolute atomic E-state index is 0. The summed E-state index contributed by atoms with van der Waals surface area (Å²) in [6, 6.07) is 12.5. The van der Waals surface area contributed by atoms with E-state index in [4.69, 9.17) is 9.47 Å². The van der Waals surface area contributed by atoms with E-state index < -0.39 is 5.97 Å². The molecule has 31 heavy (non-hydrogen) atoms. The third kappa shape index (κ3) is 4.32. The molecule has 0 spiro atoms. The topological polar surface area (TPSA) is 86.5 Å². The average molecular weight is 440 g/mol. The van der Waals surface area contributed by atoms with Crippen molar-refractivity contribution in [1.82, 2.24) is 14.5 Å². The first-order chi connectivity index (χ1) is 14.6. The second-order valence-corrected chi connectivity index (χ2v) is 6.69. The molecule has 0 aliphatic carbocycles. The van der Waals surface area contributed by atoms with Gasteiger partial charge in [-0.2, -0.15) is 0 Å². The minimum atomic E-state index is -0.462. The van der Waals surface area contributed by atoms with Gasteiger partial charge in [-0.15, -0.1) is 12.4 Å². The van der Waals surface area contributed by atoms with Gasteiger partial charge in [0.25, 0.3) is 0 Å². The van der Waals surface area contributed by atoms with Gasteiger partial charge in [0.2, 0.25) is 5.88 Å². The molecule has 0 bridgehead atoms. The maximum absolute atomic E-state index is 12.8. The molecule has 0 saturated carbocycles. The quantitative estimate of drug-likeness (QED) is 0.444. The number of rotatable bonds is 6. The number of phenolic OH excluding ortho intramolecular Hbond substituents is 1. The largest absolute Gasteiger partial charge is 0.507 e. The fourth-order valence-electron chi connectivity index (χ4n) is 3.45. The Labute approximate surface area is 185 Å². The summed E-state index contributed by atoms with van der Waals surface area (Å²) in [4.78, 5) is 21.1. The minimum Gasteiger partial charge on any atom is -0.507 e. The molecular weight excluding hydrogens is 418 g/mol. The molecule has 160 valence electrons. The Hall–Kier alpha value is -3.58. The molecule has 3 aromatic heterocycles. The molecule has 1 N–H and O–H groups in total. The Bertz CT molecular complexity index is 1190. The molecule has 0 aliphatic heterocycles. The van der Waals surface area contributed by atoms with Gasteiger partial charge in [0.05, 0.1) is 17.9 Å². The van der Waals surface area contributed by atoms with E-state index in [0.717, 1.165) is 11.1 Å². The Balaban J connectivity index is 0.00000272. The first-order valence-corrected chi connectivity index (χ1v) is 9.55. The highest BCUT2D eigenvalue weighted by molar-refractivity contribution is 6.07. The zero-order valence-corrected chi connectivity index (χ0v) is 17.9. The van der Waals surface area contributed by atoms with Crippen LogP contribution >= 0.6 is 12.4 Å². The summed E-state index contributed by atoms with van der Waals surface area (Å²) >= 11 is 0. The molecule has 0 unspecified atom stereocenters. The van der Waals surface area contributed by atoms with Crippen molar-refractivity contribution in [2.45, 2.75) is 13.5 Å². The third-order valence-electron chi connectivity index (χ3n) is 4.88. The van der Waals surface area contributed by atoms with Crippen LogP contribution in [0, 0.1) is 0 Å². The number of benzene rings is 1. The number of phenols is 1. The van der Waals surface area contributed by atoms with Crippen molar-refractivity contribution in [3.05, 3.63) is 72.3 Å². The van der Waals surface area contributed by atoms with E-state index >= 15 is 0 Å². The first kappa shape index (κ1) is 22.1. The van der Waals surface area contributed by atoms with Crippen LogP contribution in [-0.4, -0.2) is 32.2 Å². The number of carbonyl (C=O) groups is 1. The number of aromatic hydroxyl groups is 1. The fourth-order valence-corrected chi connectivity index (χ4v) is 3.45. The highest BCUT2D eigenvalue weighted by Gasteiger charge is 2.24. The van der Waals surface area contributed by atoms with Gasteiger partial charge in [0, 0.05) is 53.7 Å². The number of esters is 1. The lowest BCUT2D eigenvalue weighted by molar-refractivity contribution is 0.0525. The van der Waals surface area contributed by atoms with Crippen molar-refractivity contribution in [3.8, 4) is 22.8 Å². The van der Waals surface area contributed by atoms with Crippen LogP contribution in [0.15, 0.2) is 61.1 Å². The van der Waals surface area contributed by atoms with E-state index in [2.05, 4.69) is 9.97 Å². The van der Waals surface area contributed by atoms with Crippen LogP contribution in [0.4, 0.5) is 0 Å². The van der Waals surface area contributed by atoms with Gasteiger partial charge < -0.3 is 19.1 Å². The van der Waals surface area contributed by atoms with Crippen LogP contribution in [0.25, 0.3) is 22.0 Å². The molecule has 0 atom stereocenters. The van der Waals surface area contributed by atoms with Crippen LogP contribution < -0.4 is 4.74 Å². The molecule has 4 aromatic rings. The lowest BCUT2D eigenvalue weighted by Gasteiger charge is -2.09. The van der Waals surface area contributed by atoms with Gasteiger partial charge in [-0.1, -0.05) is 12.1 Å². The van der Waals surface area contributed by atoms with Crippen LogP contribution in [-0.2, 0) is 18.4 Å². The van der Waals surface area contributed by atoms with Gasteiger partial charge in [-0.25, -0.2) is 9.78 Å². The van der Waals surface area contributed by atoms with Crippen LogP contribution in [0.2, 0.25) is 0 Å². The Kier molecular flexibility index (Phi) is 6.77. The number of fused-ring (bicyclic) bond motifs is 1. The number of hydrogen-bond donors (Lipinski definition) is 1. The van der Waals surface area contributed by atoms with E-state index in [9.17, 15) is 9.90 Å². The molecule has 1 aromatic carbocycles. The maximum Gasteiger partial charge on any atom is 0.340 e. The molecule has 0 radical (unpaired) electrons. The third-order valence-corrected chi connectivity index (χ3v) is 4.88. The summed E-state index contributed by atoms with van der Waals surface area (Å²) < 4.78 is 13.0. The summed E-state index contributed by atoms with van der Waals surface area (Å²) in [7, 11) is 1.85. The smallest absolute Gasteiger partial charge is 0.340 e. The molecular formula is C23H22ClN3O4. The molecule has 7 nitrogen and oxygen atoms in total. The first-order valence-electron chi connectivity index (χ1n) is 9.55. The predicted octanol–water partition coefficient (Wildman–Crippen LogP) is 4.52. The zero-order valence-electron chi connectivity index (χ0n) is 17.1. The standard InChI is InChI=1S/C23H21N3O4.ClH/c1-3-29-23(28)22-17-12-20(27)16(15-7-6-9-24-13-15)11-18(17)26(2)19(22)14-30-21-8-4-5-10-25-21;/h4-13,27H,3,14H2,1-2H3;1H. The van der Waals surface area contributed by atoms with Crippen molar-refractivity contribution in [1.29, 1.82) is 0 Å².